The van der Waals surface area contributed by atoms with Gasteiger partial charge in [0.15, 0.2) is 0 Å². The Hall–Kier alpha value is -1.08. The van der Waals surface area contributed by atoms with Crippen molar-refractivity contribution in [3.63, 3.8) is 0 Å². The van der Waals surface area contributed by atoms with Gasteiger partial charge in [-0.3, -0.25) is 0 Å². The first-order valence-corrected chi connectivity index (χ1v) is 12.2. The molecule has 0 saturated heterocycles. The van der Waals surface area contributed by atoms with Gasteiger partial charge in [-0.1, -0.05) is 0 Å². The van der Waals surface area contributed by atoms with Crippen molar-refractivity contribution in [2.24, 2.45) is 0 Å². The van der Waals surface area contributed by atoms with Crippen molar-refractivity contribution in [1.29, 1.82) is 0 Å². The summed E-state index contributed by atoms with van der Waals surface area (Å²) in [4.78, 5) is 0. The van der Waals surface area contributed by atoms with E-state index in [4.69, 9.17) is 5.63 Å². The Labute approximate surface area is 121 Å². The number of para-hydroxylation sites is 2. The van der Waals surface area contributed by atoms with Gasteiger partial charge in [0.25, 0.3) is 0 Å². The van der Waals surface area contributed by atoms with Crippen LogP contribution < -0.4 is 5.63 Å². The Bertz CT molecular complexity index is 437. The molecule has 0 amide bonds. The van der Waals surface area contributed by atoms with Crippen molar-refractivity contribution in [2.75, 3.05) is 0 Å². The molecule has 0 bridgehead atoms. The van der Waals surface area contributed by atoms with Crippen LogP contribution in [-0.4, -0.2) is 0 Å². The van der Waals surface area contributed by atoms with Crippen LogP contribution in [0.25, 0.3) is 0 Å². The Kier molecular flexibility index (Phi) is 5.21. The third-order valence-corrected chi connectivity index (χ3v) is 11.5. The van der Waals surface area contributed by atoms with E-state index >= 15 is 0 Å². The zero-order valence-corrected chi connectivity index (χ0v) is 14.0. The van der Waals surface area contributed by atoms with Gasteiger partial charge in [-0.2, -0.15) is 0 Å². The molecule has 2 rings (SSSR count). The third kappa shape index (κ3) is 3.94. The Morgan fingerprint density at radius 1 is 0.684 bits per heavy atom. The topological polar surface area (TPSA) is 18.5 Å². The van der Waals surface area contributed by atoms with E-state index < -0.39 is 21.1 Å². The second-order valence-corrected chi connectivity index (χ2v) is 13.4. The Morgan fingerprint density at radius 3 is 1.37 bits per heavy atom. The maximum absolute atomic E-state index is 6.29. The van der Waals surface area contributed by atoms with Crippen LogP contribution in [0.1, 0.15) is 13.8 Å². The molecule has 2 nitrogen and oxygen atoms in total. The fourth-order valence-corrected chi connectivity index (χ4v) is 7.50. The fraction of sp³-hybridized carbons (Fsp3) is 0.250. The third-order valence-electron chi connectivity index (χ3n) is 3.17. The van der Waals surface area contributed by atoms with Crippen molar-refractivity contribution < 1.29 is 26.8 Å². The maximum atomic E-state index is 6.29. The van der Waals surface area contributed by atoms with Crippen molar-refractivity contribution in [3.05, 3.63) is 60.7 Å². The molecule has 2 aromatic rings. The molecular formula is C16H20O2Zr. The second kappa shape index (κ2) is 6.91. The molecule has 0 saturated carbocycles. The number of rotatable bonds is 6. The van der Waals surface area contributed by atoms with Crippen LogP contribution in [0.4, 0.5) is 0 Å². The summed E-state index contributed by atoms with van der Waals surface area (Å²) >= 11 is -3.05. The minimum absolute atomic E-state index is 0.929. The molecular weight excluding hydrogens is 315 g/mol. The van der Waals surface area contributed by atoms with Crippen molar-refractivity contribution >= 4 is 0 Å². The van der Waals surface area contributed by atoms with Crippen molar-refractivity contribution in [1.82, 2.24) is 0 Å². The van der Waals surface area contributed by atoms with E-state index in [1.54, 1.807) is 0 Å². The SMILES string of the molecule is C[CH2][Zr]([CH2]C)([O]c1ccccc1)[O]c1ccccc1. The summed E-state index contributed by atoms with van der Waals surface area (Å²) in [6.07, 6.45) is 0. The van der Waals surface area contributed by atoms with Gasteiger partial charge >= 0.3 is 121 Å². The van der Waals surface area contributed by atoms with Crippen LogP contribution in [0, 0.1) is 0 Å². The summed E-state index contributed by atoms with van der Waals surface area (Å²) in [5.41, 5.74) is 0. The van der Waals surface area contributed by atoms with Gasteiger partial charge in [-0.15, -0.1) is 0 Å². The van der Waals surface area contributed by atoms with Crippen LogP contribution in [0.3, 0.4) is 0 Å². The minimum atomic E-state index is -3.05. The van der Waals surface area contributed by atoms with E-state index in [1.807, 2.05) is 60.7 Å². The van der Waals surface area contributed by atoms with Crippen LogP contribution in [0.15, 0.2) is 60.7 Å². The van der Waals surface area contributed by atoms with Gasteiger partial charge < -0.3 is 0 Å². The number of benzene rings is 2. The van der Waals surface area contributed by atoms with Gasteiger partial charge in [-0.25, -0.2) is 0 Å². The molecule has 0 fully saturated rings. The second-order valence-electron chi connectivity index (χ2n) is 4.45. The first-order valence-electron chi connectivity index (χ1n) is 6.76. The normalized spacial score (nSPS) is 11.1. The number of hydrogen-bond acceptors (Lipinski definition) is 2. The average Bonchev–Trinajstić information content (AvgIpc) is 2.48. The predicted octanol–water partition coefficient (Wildman–Crippen LogP) is 5.00. The Balaban J connectivity index is 2.18. The van der Waals surface area contributed by atoms with Gasteiger partial charge in [0.2, 0.25) is 0 Å². The van der Waals surface area contributed by atoms with Crippen molar-refractivity contribution in [2.45, 2.75) is 22.1 Å². The number of hydrogen-bond donors (Lipinski definition) is 0. The molecule has 0 aliphatic heterocycles. The first-order chi connectivity index (χ1) is 9.28. The Morgan fingerprint density at radius 2 is 1.05 bits per heavy atom. The van der Waals surface area contributed by atoms with Crippen LogP contribution in [0.5, 0.6) is 11.5 Å². The quantitative estimate of drug-likeness (QED) is 0.739. The molecule has 0 N–H and O–H groups in total. The summed E-state index contributed by atoms with van der Waals surface area (Å²) in [5.74, 6) is 1.86. The molecule has 0 atom stereocenters. The van der Waals surface area contributed by atoms with Gasteiger partial charge in [0.1, 0.15) is 0 Å². The molecule has 2 aromatic carbocycles. The molecule has 100 valence electrons. The fourth-order valence-electron chi connectivity index (χ4n) is 1.97. The summed E-state index contributed by atoms with van der Waals surface area (Å²) in [7, 11) is 0. The molecule has 3 heteroatoms. The average molecular weight is 336 g/mol. The summed E-state index contributed by atoms with van der Waals surface area (Å²) in [5, 5.41) is 0. The summed E-state index contributed by atoms with van der Waals surface area (Å²) in [6.45, 7) is 4.34. The monoisotopic (exact) mass is 334 g/mol. The van der Waals surface area contributed by atoms with E-state index in [1.165, 1.54) is 0 Å². The first kappa shape index (κ1) is 14.3. The molecule has 0 unspecified atom stereocenters. The van der Waals surface area contributed by atoms with E-state index in [2.05, 4.69) is 13.8 Å². The van der Waals surface area contributed by atoms with Crippen molar-refractivity contribution in [3.8, 4) is 11.5 Å². The van der Waals surface area contributed by atoms with Crippen LogP contribution in [-0.2, 0) is 21.1 Å². The van der Waals surface area contributed by atoms with Gasteiger partial charge in [0, 0.05) is 0 Å². The molecule has 0 aliphatic carbocycles. The molecule has 0 aromatic heterocycles. The van der Waals surface area contributed by atoms with Gasteiger partial charge in [0.05, 0.1) is 0 Å². The van der Waals surface area contributed by atoms with E-state index in [-0.39, 0.29) is 0 Å². The predicted molar refractivity (Wildman–Crippen MR) is 75.1 cm³/mol. The molecule has 0 aliphatic rings. The van der Waals surface area contributed by atoms with Gasteiger partial charge in [-0.05, 0) is 0 Å². The molecule has 0 spiro atoms. The molecule has 0 heterocycles. The summed E-state index contributed by atoms with van der Waals surface area (Å²) < 4.78 is 14.6. The van der Waals surface area contributed by atoms with E-state index in [0.29, 0.717) is 0 Å². The molecule has 19 heavy (non-hydrogen) atoms. The standard InChI is InChI=1S/2C6H6O.2C2H5.Zr/c2*7-6-4-2-1-3-5-6;2*1-2;/h2*1-5,7H;2*1H2,2H3;/q;;;;+2/p-2. The molecule has 0 radical (unpaired) electrons. The van der Waals surface area contributed by atoms with Crippen LogP contribution >= 0.6 is 0 Å². The summed E-state index contributed by atoms with van der Waals surface area (Å²) in [6, 6.07) is 20.0. The van der Waals surface area contributed by atoms with Crippen LogP contribution in [0.2, 0.25) is 8.26 Å². The zero-order chi connectivity index (χ0) is 13.6. The zero-order valence-electron chi connectivity index (χ0n) is 11.5. The van der Waals surface area contributed by atoms with E-state index in [0.717, 1.165) is 19.8 Å². The van der Waals surface area contributed by atoms with E-state index in [9.17, 15) is 0 Å².